The summed E-state index contributed by atoms with van der Waals surface area (Å²) in [4.78, 5) is 23.7. The molecular formula is C19H21N3O4. The molecule has 2 rings (SSSR count). The van der Waals surface area contributed by atoms with Gasteiger partial charge in [0, 0.05) is 0 Å². The summed E-state index contributed by atoms with van der Waals surface area (Å²) in [7, 11) is 1.48. The van der Waals surface area contributed by atoms with Gasteiger partial charge in [0.1, 0.15) is 11.5 Å². The van der Waals surface area contributed by atoms with Crippen molar-refractivity contribution in [2.75, 3.05) is 19.0 Å². The molecule has 0 aliphatic heterocycles. The molecule has 0 spiro atoms. The minimum atomic E-state index is -0.880. The van der Waals surface area contributed by atoms with Crippen molar-refractivity contribution < 1.29 is 19.1 Å². The van der Waals surface area contributed by atoms with E-state index in [1.807, 2.05) is 19.1 Å². The molecule has 0 atom stereocenters. The van der Waals surface area contributed by atoms with Crippen molar-refractivity contribution in [3.63, 3.8) is 0 Å². The van der Waals surface area contributed by atoms with E-state index in [2.05, 4.69) is 15.8 Å². The predicted octanol–water partition coefficient (Wildman–Crippen LogP) is 2.57. The number of methoxy groups -OCH3 is 1. The highest BCUT2D eigenvalue weighted by molar-refractivity contribution is 6.39. The second-order valence-corrected chi connectivity index (χ2v) is 5.27. The highest BCUT2D eigenvalue weighted by atomic mass is 16.5. The molecule has 7 heteroatoms. The Hall–Kier alpha value is -3.35. The van der Waals surface area contributed by atoms with Gasteiger partial charge in [0.25, 0.3) is 0 Å². The molecule has 7 nitrogen and oxygen atoms in total. The number of hydrazone groups is 1. The number of ether oxygens (including phenoxy) is 2. The average molecular weight is 355 g/mol. The molecule has 2 N–H and O–H groups in total. The van der Waals surface area contributed by atoms with E-state index in [-0.39, 0.29) is 0 Å². The maximum absolute atomic E-state index is 11.9. The zero-order valence-electron chi connectivity index (χ0n) is 14.7. The summed E-state index contributed by atoms with van der Waals surface area (Å²) in [6.45, 7) is 2.69. The van der Waals surface area contributed by atoms with Crippen LogP contribution in [0.2, 0.25) is 0 Å². The van der Waals surface area contributed by atoms with Crippen molar-refractivity contribution in [2.24, 2.45) is 5.10 Å². The number of hydrogen-bond donors (Lipinski definition) is 2. The predicted molar refractivity (Wildman–Crippen MR) is 99.6 cm³/mol. The Morgan fingerprint density at radius 3 is 2.50 bits per heavy atom. The van der Waals surface area contributed by atoms with Gasteiger partial charge in [-0.1, -0.05) is 19.1 Å². The van der Waals surface area contributed by atoms with E-state index < -0.39 is 11.8 Å². The zero-order chi connectivity index (χ0) is 18.8. The molecule has 136 valence electrons. The first kappa shape index (κ1) is 19.0. The smallest absolute Gasteiger partial charge is 0.329 e. The molecule has 26 heavy (non-hydrogen) atoms. The summed E-state index contributed by atoms with van der Waals surface area (Å²) >= 11 is 0. The third-order valence-corrected chi connectivity index (χ3v) is 3.29. The number of rotatable bonds is 7. The van der Waals surface area contributed by atoms with Crippen LogP contribution in [0.5, 0.6) is 11.5 Å². The Morgan fingerprint density at radius 2 is 1.81 bits per heavy atom. The van der Waals surface area contributed by atoms with Crippen molar-refractivity contribution >= 4 is 23.7 Å². The highest BCUT2D eigenvalue weighted by Crippen LogP contribution is 2.22. The maximum atomic E-state index is 11.9. The van der Waals surface area contributed by atoms with Crippen LogP contribution in [0.15, 0.2) is 53.6 Å². The van der Waals surface area contributed by atoms with E-state index in [9.17, 15) is 9.59 Å². The van der Waals surface area contributed by atoms with Crippen molar-refractivity contribution in [3.05, 3.63) is 54.1 Å². The van der Waals surface area contributed by atoms with E-state index in [1.165, 1.54) is 13.3 Å². The van der Waals surface area contributed by atoms with Gasteiger partial charge in [-0.3, -0.25) is 9.59 Å². The number of amides is 2. The lowest BCUT2D eigenvalue weighted by Gasteiger charge is -2.08. The van der Waals surface area contributed by atoms with Gasteiger partial charge < -0.3 is 14.8 Å². The molecule has 2 aromatic carbocycles. The fourth-order valence-corrected chi connectivity index (χ4v) is 2.01. The van der Waals surface area contributed by atoms with Crippen LogP contribution in [-0.2, 0) is 9.59 Å². The van der Waals surface area contributed by atoms with Crippen LogP contribution >= 0.6 is 0 Å². The second-order valence-electron chi connectivity index (χ2n) is 5.27. The van der Waals surface area contributed by atoms with Crippen molar-refractivity contribution in [1.82, 2.24) is 5.43 Å². The third-order valence-electron chi connectivity index (χ3n) is 3.29. The standard InChI is InChI=1S/C19H21N3O4/c1-3-12-26-15-10-8-14(9-11-15)13-20-22-19(24)18(23)21-16-6-4-5-7-17(16)25-2/h4-11,13H,3,12H2,1-2H3,(H,21,23)(H,22,24)/b20-13+. The Kier molecular flexibility index (Phi) is 7.17. The number of hydrogen-bond acceptors (Lipinski definition) is 5. The lowest BCUT2D eigenvalue weighted by molar-refractivity contribution is -0.136. The normalized spacial score (nSPS) is 10.4. The Labute approximate surface area is 152 Å². The first-order valence-electron chi connectivity index (χ1n) is 8.14. The SMILES string of the molecule is CCCOc1ccc(/C=N/NC(=O)C(=O)Nc2ccccc2OC)cc1. The second kappa shape index (κ2) is 9.83. The Bertz CT molecular complexity index is 773. The van der Waals surface area contributed by atoms with Gasteiger partial charge in [-0.2, -0.15) is 5.10 Å². The minimum Gasteiger partial charge on any atom is -0.495 e. The van der Waals surface area contributed by atoms with E-state index in [4.69, 9.17) is 9.47 Å². The largest absolute Gasteiger partial charge is 0.495 e. The van der Waals surface area contributed by atoms with Crippen molar-refractivity contribution in [3.8, 4) is 11.5 Å². The Morgan fingerprint density at radius 1 is 1.08 bits per heavy atom. The topological polar surface area (TPSA) is 89.0 Å². The molecule has 0 aliphatic carbocycles. The fourth-order valence-electron chi connectivity index (χ4n) is 2.01. The highest BCUT2D eigenvalue weighted by Gasteiger charge is 2.14. The van der Waals surface area contributed by atoms with Gasteiger partial charge in [-0.15, -0.1) is 0 Å². The number of carbonyl (C=O) groups excluding carboxylic acids is 2. The molecule has 0 radical (unpaired) electrons. The fraction of sp³-hybridized carbons (Fsp3) is 0.211. The van der Waals surface area contributed by atoms with Gasteiger partial charge in [0.15, 0.2) is 0 Å². The van der Waals surface area contributed by atoms with Crippen LogP contribution < -0.4 is 20.2 Å². The van der Waals surface area contributed by atoms with E-state index in [0.717, 1.165) is 17.7 Å². The summed E-state index contributed by atoms with van der Waals surface area (Å²) < 4.78 is 10.6. The Balaban J connectivity index is 1.87. The van der Waals surface area contributed by atoms with Gasteiger partial charge in [0.05, 0.1) is 25.6 Å². The maximum Gasteiger partial charge on any atom is 0.329 e. The van der Waals surface area contributed by atoms with Gasteiger partial charge in [0.2, 0.25) is 0 Å². The molecule has 0 saturated carbocycles. The van der Waals surface area contributed by atoms with Gasteiger partial charge in [-0.05, 0) is 48.4 Å². The van der Waals surface area contributed by atoms with Crippen LogP contribution in [0.4, 0.5) is 5.69 Å². The average Bonchev–Trinajstić information content (AvgIpc) is 2.67. The molecule has 2 aromatic rings. The number of nitrogens with one attached hydrogen (secondary N) is 2. The van der Waals surface area contributed by atoms with Crippen molar-refractivity contribution in [2.45, 2.75) is 13.3 Å². The van der Waals surface area contributed by atoms with Crippen LogP contribution in [-0.4, -0.2) is 31.7 Å². The molecule has 0 aromatic heterocycles. The molecule has 0 bridgehead atoms. The summed E-state index contributed by atoms with van der Waals surface area (Å²) in [5.74, 6) is -0.489. The number of anilines is 1. The lowest BCUT2D eigenvalue weighted by atomic mass is 10.2. The van der Waals surface area contributed by atoms with E-state index in [1.54, 1.807) is 36.4 Å². The van der Waals surface area contributed by atoms with Crippen LogP contribution in [0.25, 0.3) is 0 Å². The molecule has 2 amide bonds. The van der Waals surface area contributed by atoms with Crippen LogP contribution in [0, 0.1) is 0 Å². The number of benzene rings is 2. The molecule has 0 aliphatic rings. The summed E-state index contributed by atoms with van der Waals surface area (Å²) in [6.07, 6.45) is 2.38. The summed E-state index contributed by atoms with van der Waals surface area (Å²) in [6, 6.07) is 14.0. The number of nitrogens with zero attached hydrogens (tertiary/aromatic N) is 1. The molecule has 0 heterocycles. The minimum absolute atomic E-state index is 0.404. The zero-order valence-corrected chi connectivity index (χ0v) is 14.7. The van der Waals surface area contributed by atoms with Crippen molar-refractivity contribution in [1.29, 1.82) is 0 Å². The summed E-state index contributed by atoms with van der Waals surface area (Å²) in [5.41, 5.74) is 3.35. The van der Waals surface area contributed by atoms with Crippen LogP contribution in [0.3, 0.4) is 0 Å². The van der Waals surface area contributed by atoms with E-state index >= 15 is 0 Å². The molecule has 0 saturated heterocycles. The first-order valence-corrected chi connectivity index (χ1v) is 8.14. The van der Waals surface area contributed by atoms with Gasteiger partial charge >= 0.3 is 11.8 Å². The third kappa shape index (κ3) is 5.62. The quantitative estimate of drug-likeness (QED) is 0.454. The van der Waals surface area contributed by atoms with Gasteiger partial charge in [-0.25, -0.2) is 5.43 Å². The number of para-hydroxylation sites is 2. The molecule has 0 fully saturated rings. The first-order chi connectivity index (χ1) is 12.6. The number of carbonyl (C=O) groups is 2. The van der Waals surface area contributed by atoms with E-state index in [0.29, 0.717) is 18.0 Å². The van der Waals surface area contributed by atoms with Crippen LogP contribution in [0.1, 0.15) is 18.9 Å². The lowest BCUT2D eigenvalue weighted by Crippen LogP contribution is -2.32. The molecule has 0 unspecified atom stereocenters. The molecular weight excluding hydrogens is 334 g/mol. The summed E-state index contributed by atoms with van der Waals surface area (Å²) in [5, 5.41) is 6.25. The monoisotopic (exact) mass is 355 g/mol.